The van der Waals surface area contributed by atoms with Gasteiger partial charge in [0.05, 0.1) is 18.7 Å². The number of guanidine groups is 1. The van der Waals surface area contributed by atoms with Gasteiger partial charge in [0.2, 0.25) is 5.91 Å². The Labute approximate surface area is 139 Å². The first kappa shape index (κ1) is 19.2. The van der Waals surface area contributed by atoms with Crippen molar-refractivity contribution in [3.8, 4) is 0 Å². The van der Waals surface area contributed by atoms with Gasteiger partial charge in [-0.2, -0.15) is 0 Å². The van der Waals surface area contributed by atoms with Gasteiger partial charge < -0.3 is 31.8 Å². The summed E-state index contributed by atoms with van der Waals surface area (Å²) in [4.78, 5) is 26.0. The third-order valence-corrected chi connectivity index (χ3v) is 3.33. The molecule has 0 aliphatic heterocycles. The second-order valence-electron chi connectivity index (χ2n) is 4.76. The summed E-state index contributed by atoms with van der Waals surface area (Å²) in [7, 11) is 0. The molecule has 1 amide bonds. The minimum atomic E-state index is -1.17. The molecule has 4 unspecified atom stereocenters. The molecule has 1 rings (SSSR count). The molecule has 0 heterocycles. The summed E-state index contributed by atoms with van der Waals surface area (Å²) >= 11 is 0. The van der Waals surface area contributed by atoms with Crippen molar-refractivity contribution in [3.63, 3.8) is 0 Å². The Kier molecular flexibility index (Phi) is 8.10. The van der Waals surface area contributed by atoms with Gasteiger partial charge in [0.15, 0.2) is 5.96 Å². The normalized spacial score (nSPS) is 26.2. The van der Waals surface area contributed by atoms with Gasteiger partial charge in [0.1, 0.15) is 0 Å². The minimum Gasteiger partial charge on any atom is -0.550 e. The zero-order valence-electron chi connectivity index (χ0n) is 11.7. The van der Waals surface area contributed by atoms with Gasteiger partial charge in [-0.25, -0.2) is 4.99 Å². The van der Waals surface area contributed by atoms with E-state index < -0.39 is 24.0 Å². The van der Waals surface area contributed by atoms with Crippen molar-refractivity contribution in [2.75, 3.05) is 6.61 Å². The number of hydrogen-bond acceptors (Lipinski definition) is 5. The Hall–Kier alpha value is -0.830. The molecule has 0 aromatic rings. The number of aliphatic hydroxyl groups excluding tert-OH is 1. The Morgan fingerprint density at radius 3 is 2.45 bits per heavy atom. The molecule has 0 bridgehead atoms. The zero-order chi connectivity index (χ0) is 14.6. The number of nitrogens with zero attached hydrogens (tertiary/aromatic N) is 1. The zero-order valence-corrected chi connectivity index (χ0v) is 13.7. The molecule has 20 heavy (non-hydrogen) atoms. The van der Waals surface area contributed by atoms with Crippen molar-refractivity contribution in [1.82, 2.24) is 5.32 Å². The number of aliphatic carboxylic acids is 1. The molecule has 1 fully saturated rings. The van der Waals surface area contributed by atoms with E-state index in [4.69, 9.17) is 11.5 Å². The van der Waals surface area contributed by atoms with E-state index in [9.17, 15) is 19.8 Å². The number of hydrogen-bond donors (Lipinski definition) is 4. The van der Waals surface area contributed by atoms with Crippen LogP contribution in [0.4, 0.5) is 0 Å². The summed E-state index contributed by atoms with van der Waals surface area (Å²) in [5.74, 6) is -2.63. The van der Waals surface area contributed by atoms with Crippen LogP contribution < -0.4 is 51.4 Å². The Morgan fingerprint density at radius 1 is 1.45 bits per heavy atom. The summed E-state index contributed by atoms with van der Waals surface area (Å²) in [5.41, 5.74) is 10.6. The monoisotopic (exact) mass is 294 g/mol. The van der Waals surface area contributed by atoms with Crippen LogP contribution in [-0.4, -0.2) is 41.6 Å². The number of aliphatic imine (C=N–C) groups is 1. The Balaban J connectivity index is 0.00000361. The van der Waals surface area contributed by atoms with E-state index in [1.807, 2.05) is 0 Å². The molecule has 0 saturated heterocycles. The molecule has 108 valence electrons. The van der Waals surface area contributed by atoms with Crippen molar-refractivity contribution in [1.29, 1.82) is 0 Å². The van der Waals surface area contributed by atoms with Crippen LogP contribution in [0, 0.1) is 11.8 Å². The fraction of sp³-hybridized carbons (Fsp3) is 0.727. The second-order valence-corrected chi connectivity index (χ2v) is 4.76. The Bertz CT molecular complexity index is 387. The molecule has 0 aromatic carbocycles. The van der Waals surface area contributed by atoms with Crippen LogP contribution in [0.3, 0.4) is 0 Å². The number of carbonyl (C=O) groups is 2. The van der Waals surface area contributed by atoms with E-state index in [-0.39, 0.29) is 66.8 Å². The Morgan fingerprint density at radius 2 is 2.05 bits per heavy atom. The predicted molar refractivity (Wildman–Crippen MR) is 65.5 cm³/mol. The topological polar surface area (TPSA) is 154 Å². The average molecular weight is 294 g/mol. The molecule has 0 radical (unpaired) electrons. The van der Waals surface area contributed by atoms with Crippen molar-refractivity contribution in [2.24, 2.45) is 28.3 Å². The van der Waals surface area contributed by atoms with E-state index in [1.54, 1.807) is 0 Å². The molecule has 1 saturated carbocycles. The van der Waals surface area contributed by atoms with E-state index >= 15 is 0 Å². The molecule has 0 spiro atoms. The fourth-order valence-corrected chi connectivity index (χ4v) is 2.56. The molecule has 8 nitrogen and oxygen atoms in total. The first-order chi connectivity index (χ1) is 8.85. The largest absolute Gasteiger partial charge is 1.00 e. The minimum absolute atomic E-state index is 0. The van der Waals surface area contributed by atoms with Gasteiger partial charge in [0.25, 0.3) is 0 Å². The van der Waals surface area contributed by atoms with Crippen LogP contribution in [0.25, 0.3) is 0 Å². The number of aliphatic hydroxyl groups is 1. The van der Waals surface area contributed by atoms with Gasteiger partial charge in [-0.05, 0) is 12.8 Å². The van der Waals surface area contributed by atoms with Crippen molar-refractivity contribution in [2.45, 2.75) is 31.8 Å². The maximum atomic E-state index is 11.1. The van der Waals surface area contributed by atoms with Crippen molar-refractivity contribution in [3.05, 3.63) is 0 Å². The first-order valence-corrected chi connectivity index (χ1v) is 6.02. The van der Waals surface area contributed by atoms with Gasteiger partial charge >= 0.3 is 29.6 Å². The molecule has 4 atom stereocenters. The SMILES string of the molecule is CC(=O)NC(CO)C1CC(C(=O)[O-])CC1N=C(N)N.[Na+]. The van der Waals surface area contributed by atoms with E-state index in [0.717, 1.165) is 0 Å². The van der Waals surface area contributed by atoms with Crippen LogP contribution >= 0.6 is 0 Å². The summed E-state index contributed by atoms with van der Waals surface area (Å²) in [6.07, 6.45) is 0.496. The van der Waals surface area contributed by atoms with Crippen LogP contribution in [0.15, 0.2) is 4.99 Å². The third kappa shape index (κ3) is 5.28. The molecule has 9 heteroatoms. The maximum absolute atomic E-state index is 11.1. The van der Waals surface area contributed by atoms with Gasteiger partial charge in [-0.15, -0.1) is 0 Å². The summed E-state index contributed by atoms with van der Waals surface area (Å²) in [5, 5.41) is 22.8. The smallest absolute Gasteiger partial charge is 0.550 e. The van der Waals surface area contributed by atoms with Gasteiger partial charge in [-0.1, -0.05) is 0 Å². The molecule has 1 aliphatic rings. The van der Waals surface area contributed by atoms with Crippen molar-refractivity contribution >= 4 is 17.8 Å². The molecule has 6 N–H and O–H groups in total. The van der Waals surface area contributed by atoms with Crippen LogP contribution in [0.5, 0.6) is 0 Å². The number of amides is 1. The van der Waals surface area contributed by atoms with Crippen molar-refractivity contribution < 1.29 is 49.4 Å². The number of carboxylic acid groups (broad SMARTS) is 1. The van der Waals surface area contributed by atoms with Gasteiger partial charge in [-0.3, -0.25) is 4.79 Å². The summed E-state index contributed by atoms with van der Waals surface area (Å²) < 4.78 is 0. The molecule has 0 aromatic heterocycles. The first-order valence-electron chi connectivity index (χ1n) is 6.02. The molecule has 1 aliphatic carbocycles. The quantitative estimate of drug-likeness (QED) is 0.225. The standard InChI is InChI=1S/C11H20N4O4.Na/c1-5(17)14-9(4-16)7-2-6(10(18)19)3-8(7)15-11(12)13;/h6-9,16H,2-4H2,1H3,(H,14,17)(H,18,19)(H4,12,13,15);/q;+1/p-1. The summed E-state index contributed by atoms with van der Waals surface area (Å²) in [6, 6.07) is -1.02. The maximum Gasteiger partial charge on any atom is 1.00 e. The number of rotatable bonds is 5. The van der Waals surface area contributed by atoms with E-state index in [1.165, 1.54) is 6.92 Å². The summed E-state index contributed by atoms with van der Waals surface area (Å²) in [6.45, 7) is 1.02. The van der Waals surface area contributed by atoms with E-state index in [2.05, 4.69) is 10.3 Å². The molecular weight excluding hydrogens is 275 g/mol. The molecular formula is C11H19N4NaO4. The number of carboxylic acids is 1. The van der Waals surface area contributed by atoms with E-state index in [0.29, 0.717) is 0 Å². The van der Waals surface area contributed by atoms with Crippen LogP contribution in [0.2, 0.25) is 0 Å². The fourth-order valence-electron chi connectivity index (χ4n) is 2.56. The number of nitrogens with two attached hydrogens (primary N) is 2. The van der Waals surface area contributed by atoms with Crippen LogP contribution in [-0.2, 0) is 9.59 Å². The van der Waals surface area contributed by atoms with Crippen LogP contribution in [0.1, 0.15) is 19.8 Å². The van der Waals surface area contributed by atoms with Gasteiger partial charge in [0, 0.05) is 24.7 Å². The average Bonchev–Trinajstić information content (AvgIpc) is 2.68. The second kappa shape index (κ2) is 8.46. The number of carbonyl (C=O) groups excluding carboxylic acids is 2. The third-order valence-electron chi connectivity index (χ3n) is 3.33. The number of nitrogens with one attached hydrogen (secondary N) is 1. The predicted octanol–water partition coefficient (Wildman–Crippen LogP) is -6.09.